The van der Waals surface area contributed by atoms with Crippen LogP contribution in [-0.2, 0) is 17.6 Å². The van der Waals surface area contributed by atoms with Gasteiger partial charge < -0.3 is 10.6 Å². The van der Waals surface area contributed by atoms with Gasteiger partial charge in [0.05, 0.1) is 16.3 Å². The maximum atomic E-state index is 12.9. The molecule has 0 saturated carbocycles. The van der Waals surface area contributed by atoms with Crippen molar-refractivity contribution in [2.45, 2.75) is 44.6 Å². The molecule has 2 amide bonds. The van der Waals surface area contributed by atoms with Crippen LogP contribution in [0.5, 0.6) is 0 Å². The van der Waals surface area contributed by atoms with Gasteiger partial charge in [-0.2, -0.15) is 11.8 Å². The molecule has 2 N–H and O–H groups in total. The molecular formula is C20H23Cl2N3O2S2. The lowest BCUT2D eigenvalue weighted by atomic mass is 10.1. The van der Waals surface area contributed by atoms with Gasteiger partial charge in [-0.3, -0.25) is 9.59 Å². The number of hydrogen-bond acceptors (Lipinski definition) is 5. The minimum atomic E-state index is -0.676. The first-order valence-electron chi connectivity index (χ1n) is 9.52. The number of aromatic nitrogens is 1. The average Bonchev–Trinajstić information content (AvgIpc) is 2.92. The molecule has 9 heteroatoms. The minimum Gasteiger partial charge on any atom is -0.340 e. The highest BCUT2D eigenvalue weighted by molar-refractivity contribution is 7.98. The number of nitrogens with zero attached hydrogens (tertiary/aromatic N) is 1. The average molecular weight is 472 g/mol. The van der Waals surface area contributed by atoms with E-state index in [1.54, 1.807) is 35.2 Å². The highest BCUT2D eigenvalue weighted by Crippen LogP contribution is 2.29. The standard InChI is InChI=1S/C20H23Cl2N3O2S2/c1-28-10-9-16(23-18(26)13-8-7-12(21)11-14(13)22)19(27)25-20-24-15-5-3-2-4-6-17(15)29-20/h7-8,11,16H,2-6,9-10H2,1H3,(H,23,26)(H,24,25,27). The maximum absolute atomic E-state index is 12.9. The van der Waals surface area contributed by atoms with Crippen LogP contribution in [0.4, 0.5) is 5.13 Å². The molecule has 0 spiro atoms. The molecule has 1 atom stereocenters. The monoisotopic (exact) mass is 471 g/mol. The topological polar surface area (TPSA) is 71.1 Å². The number of hydrogen-bond donors (Lipinski definition) is 2. The first-order valence-corrected chi connectivity index (χ1v) is 12.5. The molecule has 1 aromatic heterocycles. The number of thiazole rings is 1. The molecule has 1 aliphatic carbocycles. The van der Waals surface area contributed by atoms with Crippen LogP contribution in [0, 0.1) is 0 Å². The van der Waals surface area contributed by atoms with Gasteiger partial charge in [0.1, 0.15) is 6.04 Å². The molecule has 1 unspecified atom stereocenters. The summed E-state index contributed by atoms with van der Waals surface area (Å²) in [7, 11) is 0. The molecule has 5 nitrogen and oxygen atoms in total. The fourth-order valence-electron chi connectivity index (χ4n) is 3.19. The van der Waals surface area contributed by atoms with Crippen LogP contribution in [0.2, 0.25) is 10.0 Å². The summed E-state index contributed by atoms with van der Waals surface area (Å²) in [5.74, 6) is 0.0744. The zero-order chi connectivity index (χ0) is 20.8. The molecule has 3 rings (SSSR count). The summed E-state index contributed by atoms with van der Waals surface area (Å²) in [5.41, 5.74) is 1.39. The third-order valence-electron chi connectivity index (χ3n) is 4.73. The van der Waals surface area contributed by atoms with Crippen molar-refractivity contribution in [3.8, 4) is 0 Å². The van der Waals surface area contributed by atoms with Gasteiger partial charge in [-0.15, -0.1) is 11.3 Å². The van der Waals surface area contributed by atoms with Gasteiger partial charge in [0.15, 0.2) is 5.13 Å². The van der Waals surface area contributed by atoms with Crippen molar-refractivity contribution in [3.63, 3.8) is 0 Å². The predicted octanol–water partition coefficient (Wildman–Crippen LogP) is 5.21. The van der Waals surface area contributed by atoms with Gasteiger partial charge in [0.2, 0.25) is 5.91 Å². The van der Waals surface area contributed by atoms with Gasteiger partial charge >= 0.3 is 0 Å². The third kappa shape index (κ3) is 6.10. The zero-order valence-electron chi connectivity index (χ0n) is 16.1. The predicted molar refractivity (Wildman–Crippen MR) is 123 cm³/mol. The molecule has 156 valence electrons. The van der Waals surface area contributed by atoms with Crippen molar-refractivity contribution in [1.82, 2.24) is 10.3 Å². The van der Waals surface area contributed by atoms with E-state index < -0.39 is 11.9 Å². The number of thioether (sulfide) groups is 1. The zero-order valence-corrected chi connectivity index (χ0v) is 19.2. The molecule has 1 aliphatic rings. The van der Waals surface area contributed by atoms with Crippen molar-refractivity contribution in [2.24, 2.45) is 0 Å². The molecule has 0 aliphatic heterocycles. The van der Waals surface area contributed by atoms with E-state index in [-0.39, 0.29) is 10.9 Å². The second kappa shape index (κ2) is 10.7. The normalized spacial score (nSPS) is 14.6. The van der Waals surface area contributed by atoms with Crippen molar-refractivity contribution < 1.29 is 9.59 Å². The number of fused-ring (bicyclic) bond motifs is 1. The first kappa shape index (κ1) is 22.4. The molecule has 1 heterocycles. The van der Waals surface area contributed by atoms with Crippen molar-refractivity contribution >= 4 is 63.2 Å². The first-order chi connectivity index (χ1) is 14.0. The largest absolute Gasteiger partial charge is 0.340 e. The molecular weight excluding hydrogens is 449 g/mol. The van der Waals surface area contributed by atoms with E-state index in [4.69, 9.17) is 23.2 Å². The van der Waals surface area contributed by atoms with E-state index in [9.17, 15) is 9.59 Å². The highest BCUT2D eigenvalue weighted by atomic mass is 35.5. The number of amides is 2. The number of carbonyl (C=O) groups excluding carboxylic acids is 2. The SMILES string of the molecule is CSCCC(NC(=O)c1ccc(Cl)cc1Cl)C(=O)Nc1nc2c(s1)CCCCC2. The number of nitrogens with one attached hydrogen (secondary N) is 2. The lowest BCUT2D eigenvalue weighted by molar-refractivity contribution is -0.118. The van der Waals surface area contributed by atoms with Gasteiger partial charge in [0.25, 0.3) is 5.91 Å². The fraction of sp³-hybridized carbons (Fsp3) is 0.450. The van der Waals surface area contributed by atoms with Gasteiger partial charge in [0, 0.05) is 9.90 Å². The van der Waals surface area contributed by atoms with Crippen LogP contribution >= 0.6 is 46.3 Å². The smallest absolute Gasteiger partial charge is 0.253 e. The maximum Gasteiger partial charge on any atom is 0.253 e. The van der Waals surface area contributed by atoms with Crippen LogP contribution in [0.15, 0.2) is 18.2 Å². The van der Waals surface area contributed by atoms with Crippen LogP contribution in [0.25, 0.3) is 0 Å². The molecule has 1 aromatic carbocycles. The van der Waals surface area contributed by atoms with E-state index >= 15 is 0 Å². The number of aryl methyl sites for hydroxylation is 2. The van der Waals surface area contributed by atoms with E-state index in [1.165, 1.54) is 17.4 Å². The number of benzene rings is 1. The van der Waals surface area contributed by atoms with E-state index in [0.29, 0.717) is 22.1 Å². The molecule has 0 bridgehead atoms. The number of carbonyl (C=O) groups is 2. The molecule has 0 saturated heterocycles. The summed E-state index contributed by atoms with van der Waals surface area (Å²) < 4.78 is 0. The summed E-state index contributed by atoms with van der Waals surface area (Å²) in [6.45, 7) is 0. The van der Waals surface area contributed by atoms with Gasteiger partial charge in [-0.05, 0) is 62.3 Å². The number of halogens is 2. The molecule has 29 heavy (non-hydrogen) atoms. The Morgan fingerprint density at radius 2 is 2.03 bits per heavy atom. The van der Waals surface area contributed by atoms with Crippen molar-refractivity contribution in [1.29, 1.82) is 0 Å². The van der Waals surface area contributed by atoms with Gasteiger partial charge in [-0.1, -0.05) is 29.6 Å². The highest BCUT2D eigenvalue weighted by Gasteiger charge is 2.24. The molecule has 0 radical (unpaired) electrons. The summed E-state index contributed by atoms with van der Waals surface area (Å²) in [6, 6.07) is 3.99. The van der Waals surface area contributed by atoms with E-state index in [1.807, 2.05) is 6.26 Å². The van der Waals surface area contributed by atoms with Gasteiger partial charge in [-0.25, -0.2) is 4.98 Å². The summed E-state index contributed by atoms with van der Waals surface area (Å²) >= 11 is 15.2. The van der Waals surface area contributed by atoms with Crippen molar-refractivity contribution in [2.75, 3.05) is 17.3 Å². The lowest BCUT2D eigenvalue weighted by Crippen LogP contribution is -2.44. The summed E-state index contributed by atoms with van der Waals surface area (Å²) in [4.78, 5) is 31.4. The fourth-order valence-corrected chi connectivity index (χ4v) is 5.21. The molecule has 2 aromatic rings. The Morgan fingerprint density at radius 1 is 1.24 bits per heavy atom. The Balaban J connectivity index is 1.70. The van der Waals surface area contributed by atoms with E-state index in [0.717, 1.165) is 37.1 Å². The quantitative estimate of drug-likeness (QED) is 0.543. The van der Waals surface area contributed by atoms with Crippen LogP contribution in [-0.4, -0.2) is 34.8 Å². The minimum absolute atomic E-state index is 0.252. The summed E-state index contributed by atoms with van der Waals surface area (Å²) in [5, 5.41) is 7.01. The lowest BCUT2D eigenvalue weighted by Gasteiger charge is -2.18. The Labute approximate surface area is 189 Å². The number of anilines is 1. The van der Waals surface area contributed by atoms with Crippen LogP contribution in [0.3, 0.4) is 0 Å². The van der Waals surface area contributed by atoms with Crippen LogP contribution < -0.4 is 10.6 Å². The Kier molecular flexibility index (Phi) is 8.24. The van der Waals surface area contributed by atoms with Crippen LogP contribution in [0.1, 0.15) is 46.6 Å². The van der Waals surface area contributed by atoms with Crippen molar-refractivity contribution in [3.05, 3.63) is 44.4 Å². The Hall–Kier alpha value is -1.28. The molecule has 0 fully saturated rings. The summed E-state index contributed by atoms with van der Waals surface area (Å²) in [6.07, 6.45) is 7.98. The van der Waals surface area contributed by atoms with E-state index in [2.05, 4.69) is 15.6 Å². The Bertz CT molecular complexity index is 865. The Morgan fingerprint density at radius 3 is 2.79 bits per heavy atom. The second-order valence-electron chi connectivity index (χ2n) is 6.87. The second-order valence-corrected chi connectivity index (χ2v) is 9.78. The number of rotatable bonds is 7. The third-order valence-corrected chi connectivity index (χ3v) is 7.00.